The molecule has 0 aliphatic heterocycles. The molecule has 0 aromatic carbocycles. The van der Waals surface area contributed by atoms with E-state index in [1.165, 1.54) is 0 Å². The average Bonchev–Trinajstić information content (AvgIpc) is 2.73. The Labute approximate surface area is 215 Å². The first kappa shape index (κ1) is 35.9. The fraction of sp³-hybridized carbons (Fsp3) is 0.900. The third-order valence-electron chi connectivity index (χ3n) is 6.96. The van der Waals surface area contributed by atoms with E-state index < -0.39 is 104 Å². The van der Waals surface area contributed by atoms with Crippen molar-refractivity contribution in [1.82, 2.24) is 0 Å². The normalized spacial score (nSPS) is 23.8. The van der Waals surface area contributed by atoms with Crippen LogP contribution in [-0.2, 0) is 14.3 Å². The topological polar surface area (TPSA) is 79.6 Å². The van der Waals surface area contributed by atoms with Gasteiger partial charge in [0.2, 0.25) is 0 Å². The number of rotatable bonds is 7. The number of carbonyl (C=O) groups is 1. The predicted molar refractivity (Wildman–Crippen MR) is 98.6 cm³/mol. The molecule has 40 heavy (non-hydrogen) atoms. The number of nitriles is 1. The maximum absolute atomic E-state index is 13.9. The Balaban J connectivity index is 3.92. The molecule has 1 fully saturated rings. The number of esters is 1. The van der Waals surface area contributed by atoms with Gasteiger partial charge in [0.15, 0.2) is 5.41 Å². The lowest BCUT2D eigenvalue weighted by Gasteiger charge is -2.50. The van der Waals surface area contributed by atoms with Crippen LogP contribution in [0.5, 0.6) is 0 Å². The van der Waals surface area contributed by atoms with E-state index in [2.05, 4.69) is 9.47 Å². The third-order valence-corrected chi connectivity index (χ3v) is 6.96. The summed E-state index contributed by atoms with van der Waals surface area (Å²) >= 11 is 0. The molecule has 1 rings (SSSR count). The molecule has 0 bridgehead atoms. The van der Waals surface area contributed by atoms with Crippen LogP contribution in [0.15, 0.2) is 0 Å². The van der Waals surface area contributed by atoms with Gasteiger partial charge in [0.05, 0.1) is 6.07 Å². The number of hydrogen-bond acceptors (Lipinski definition) is 5. The highest BCUT2D eigenvalue weighted by Gasteiger charge is 2.79. The van der Waals surface area contributed by atoms with Gasteiger partial charge in [-0.05, 0) is 32.6 Å². The van der Waals surface area contributed by atoms with Crippen molar-refractivity contribution in [2.75, 3.05) is 6.61 Å². The quantitative estimate of drug-likeness (QED) is 0.257. The van der Waals surface area contributed by atoms with Crippen LogP contribution in [0.2, 0.25) is 0 Å². The van der Waals surface area contributed by atoms with Gasteiger partial charge in [0.1, 0.15) is 12.7 Å². The zero-order valence-corrected chi connectivity index (χ0v) is 20.1. The number of alkyl halides is 15. The lowest BCUT2D eigenvalue weighted by molar-refractivity contribution is -0.411. The zero-order chi connectivity index (χ0) is 32.0. The van der Waals surface area contributed by atoms with Crippen LogP contribution >= 0.6 is 0 Å². The SMILES string of the molecule is CCC(C)(C(=O)OC1CC(C(O)(C(F)(F)F)C(F)(F)F)CC(C(OCC#N)(C(F)(F)F)C(F)(F)F)C1)C(F)(F)F. The Hall–Kier alpha value is -2.17. The van der Waals surface area contributed by atoms with E-state index >= 15 is 0 Å². The number of hydrogen-bond donors (Lipinski definition) is 1. The van der Waals surface area contributed by atoms with Gasteiger partial charge in [-0.1, -0.05) is 6.92 Å². The highest BCUT2D eigenvalue weighted by atomic mass is 19.4. The molecule has 4 unspecified atom stereocenters. The van der Waals surface area contributed by atoms with Gasteiger partial charge in [-0.25, -0.2) is 0 Å². The number of halogens is 15. The van der Waals surface area contributed by atoms with Crippen molar-refractivity contribution in [3.8, 4) is 6.07 Å². The molecule has 1 aliphatic rings. The minimum Gasteiger partial charge on any atom is -0.462 e. The summed E-state index contributed by atoms with van der Waals surface area (Å²) in [6.45, 7) is -1.14. The summed E-state index contributed by atoms with van der Waals surface area (Å²) in [6, 6.07) is 0.742. The second-order valence-electron chi connectivity index (χ2n) is 9.25. The number of ether oxygens (including phenoxy) is 2. The number of nitrogens with zero attached hydrogens (tertiary/aromatic N) is 1. The molecule has 234 valence electrons. The summed E-state index contributed by atoms with van der Waals surface area (Å²) in [7, 11) is 0. The van der Waals surface area contributed by atoms with Crippen molar-refractivity contribution in [1.29, 1.82) is 5.26 Å². The fourth-order valence-corrected chi connectivity index (χ4v) is 4.45. The predicted octanol–water partition coefficient (Wildman–Crippen LogP) is 6.55. The van der Waals surface area contributed by atoms with Gasteiger partial charge in [-0.15, -0.1) is 0 Å². The Morgan fingerprint density at radius 1 is 0.775 bits per heavy atom. The van der Waals surface area contributed by atoms with Crippen molar-refractivity contribution in [3.63, 3.8) is 0 Å². The van der Waals surface area contributed by atoms with Gasteiger partial charge >= 0.3 is 36.9 Å². The highest BCUT2D eigenvalue weighted by molar-refractivity contribution is 5.77. The van der Waals surface area contributed by atoms with Crippen LogP contribution in [0.4, 0.5) is 65.9 Å². The van der Waals surface area contributed by atoms with Gasteiger partial charge in [-0.3, -0.25) is 4.79 Å². The Morgan fingerprint density at radius 2 is 1.20 bits per heavy atom. The summed E-state index contributed by atoms with van der Waals surface area (Å²) in [6.07, 6.45) is -42.7. The molecule has 0 spiro atoms. The molecule has 20 heteroatoms. The fourth-order valence-electron chi connectivity index (χ4n) is 4.45. The second-order valence-corrected chi connectivity index (χ2v) is 9.25. The van der Waals surface area contributed by atoms with Crippen molar-refractivity contribution in [3.05, 3.63) is 0 Å². The van der Waals surface area contributed by atoms with Crippen LogP contribution in [0.1, 0.15) is 39.5 Å². The largest absolute Gasteiger partial charge is 0.462 e. The molecule has 0 heterocycles. The van der Waals surface area contributed by atoms with Gasteiger partial charge in [0.25, 0.3) is 11.2 Å². The minimum absolute atomic E-state index is 0.167. The summed E-state index contributed by atoms with van der Waals surface area (Å²) in [4.78, 5) is 12.3. The van der Waals surface area contributed by atoms with Crippen LogP contribution in [0.3, 0.4) is 0 Å². The molecule has 0 radical (unpaired) electrons. The van der Waals surface area contributed by atoms with E-state index in [1.807, 2.05) is 0 Å². The molecule has 0 saturated heterocycles. The third kappa shape index (κ3) is 6.04. The molecule has 5 nitrogen and oxygen atoms in total. The van der Waals surface area contributed by atoms with E-state index in [1.54, 1.807) is 0 Å². The van der Waals surface area contributed by atoms with Crippen molar-refractivity contribution in [2.45, 2.75) is 87.7 Å². The second kappa shape index (κ2) is 10.9. The molecule has 0 amide bonds. The maximum Gasteiger partial charge on any atom is 0.426 e. The van der Waals surface area contributed by atoms with Crippen molar-refractivity contribution >= 4 is 5.97 Å². The van der Waals surface area contributed by atoms with Crippen LogP contribution in [0, 0.1) is 28.6 Å². The van der Waals surface area contributed by atoms with E-state index in [-0.39, 0.29) is 6.92 Å². The summed E-state index contributed by atoms with van der Waals surface area (Å²) in [5.41, 5.74) is -15.2. The molecule has 0 aromatic rings. The molecule has 1 saturated carbocycles. The van der Waals surface area contributed by atoms with Crippen molar-refractivity contribution < 1.29 is 85.2 Å². The molecule has 4 atom stereocenters. The minimum atomic E-state index is -6.79. The van der Waals surface area contributed by atoms with E-state index in [9.17, 15) is 75.8 Å². The van der Waals surface area contributed by atoms with E-state index in [0.29, 0.717) is 0 Å². The Morgan fingerprint density at radius 3 is 1.52 bits per heavy atom. The molecule has 0 aromatic heterocycles. The monoisotopic (exact) mass is 623 g/mol. The maximum atomic E-state index is 13.9. The molecular formula is C20H20F15NO4. The number of carbonyl (C=O) groups excluding carboxylic acids is 1. The molecular weight excluding hydrogens is 603 g/mol. The number of aliphatic hydroxyl groups is 1. The molecule has 1 aliphatic carbocycles. The average molecular weight is 623 g/mol. The van der Waals surface area contributed by atoms with Crippen molar-refractivity contribution in [2.24, 2.45) is 17.3 Å². The first-order valence-electron chi connectivity index (χ1n) is 10.9. The van der Waals surface area contributed by atoms with Crippen LogP contribution in [-0.4, -0.2) is 65.9 Å². The molecule has 1 N–H and O–H groups in total. The highest BCUT2D eigenvalue weighted by Crippen LogP contribution is 2.59. The van der Waals surface area contributed by atoms with Gasteiger partial charge in [0, 0.05) is 11.8 Å². The summed E-state index contributed by atoms with van der Waals surface area (Å²) in [5.74, 6) is -9.66. The zero-order valence-electron chi connectivity index (χ0n) is 20.1. The van der Waals surface area contributed by atoms with E-state index in [0.717, 1.165) is 13.0 Å². The first-order valence-corrected chi connectivity index (χ1v) is 10.9. The van der Waals surface area contributed by atoms with Crippen LogP contribution in [0.25, 0.3) is 0 Å². The van der Waals surface area contributed by atoms with Gasteiger partial charge < -0.3 is 14.6 Å². The van der Waals surface area contributed by atoms with Crippen LogP contribution < -0.4 is 0 Å². The lowest BCUT2D eigenvalue weighted by atomic mass is 9.65. The van der Waals surface area contributed by atoms with Gasteiger partial charge in [-0.2, -0.15) is 71.1 Å². The Bertz CT molecular complexity index is 916. The smallest absolute Gasteiger partial charge is 0.426 e. The Kier molecular flexibility index (Phi) is 9.78. The standard InChI is InChI=1S/C20H20F15NO4/c1-3-13(2,16(21,22)23)12(37)40-11-7-9(14(38,17(24,25)26)18(27,28)29)6-10(8-11)15(19(30,31)32,20(33,34)35)39-5-4-36/h9-11,38H,3,5-8H2,1-2H3. The summed E-state index contributed by atoms with van der Waals surface area (Å²) < 4.78 is 213. The van der Waals surface area contributed by atoms with E-state index in [4.69, 9.17) is 5.26 Å². The summed E-state index contributed by atoms with van der Waals surface area (Å²) in [5, 5.41) is 18.2. The lowest BCUT2D eigenvalue weighted by Crippen LogP contribution is -2.68. The first-order chi connectivity index (χ1) is 17.6.